The van der Waals surface area contributed by atoms with Crippen LogP contribution in [0.4, 0.5) is 13.6 Å². The maximum Gasteiger partial charge on any atom is 0.407 e. The van der Waals surface area contributed by atoms with Gasteiger partial charge in [-0.15, -0.1) is 11.3 Å². The van der Waals surface area contributed by atoms with Crippen molar-refractivity contribution in [1.82, 2.24) is 10.6 Å². The van der Waals surface area contributed by atoms with Gasteiger partial charge in [0.2, 0.25) is 0 Å². The Morgan fingerprint density at radius 3 is 2.38 bits per heavy atom. The Labute approximate surface area is 226 Å². The van der Waals surface area contributed by atoms with E-state index in [-0.39, 0.29) is 31.7 Å². The number of nitrogens with one attached hydrogen (secondary N) is 2. The van der Waals surface area contributed by atoms with Crippen LogP contribution in [-0.4, -0.2) is 36.6 Å². The lowest BCUT2D eigenvalue weighted by molar-refractivity contribution is -0.106. The molecule has 2 amide bonds. The fourth-order valence-electron chi connectivity index (χ4n) is 5.27. The van der Waals surface area contributed by atoms with Crippen molar-refractivity contribution in [2.24, 2.45) is 0 Å². The van der Waals surface area contributed by atoms with Gasteiger partial charge >= 0.3 is 6.09 Å². The molecule has 0 radical (unpaired) electrons. The number of rotatable bonds is 6. The molecule has 194 valence electrons. The van der Waals surface area contributed by atoms with Crippen LogP contribution in [0.2, 0.25) is 0 Å². The van der Waals surface area contributed by atoms with E-state index in [4.69, 9.17) is 4.74 Å². The van der Waals surface area contributed by atoms with Crippen molar-refractivity contribution in [3.05, 3.63) is 80.0 Å². The molecule has 5 rings (SSSR count). The molecule has 0 bridgehead atoms. The van der Waals surface area contributed by atoms with Crippen molar-refractivity contribution < 1.29 is 23.1 Å². The molecular weight excluding hydrogens is 562 g/mol. The maximum absolute atomic E-state index is 14.9. The van der Waals surface area contributed by atoms with E-state index in [0.717, 1.165) is 38.0 Å². The number of thiophene rings is 1. The average Bonchev–Trinajstić information content (AvgIpc) is 3.42. The lowest BCUT2D eigenvalue weighted by atomic mass is 9.88. The first kappa shape index (κ1) is 25.9. The van der Waals surface area contributed by atoms with Crippen LogP contribution in [0, 0.1) is 0 Å². The van der Waals surface area contributed by atoms with Gasteiger partial charge in [-0.25, -0.2) is 13.6 Å². The van der Waals surface area contributed by atoms with Crippen molar-refractivity contribution in [2.45, 2.75) is 56.6 Å². The first-order chi connectivity index (χ1) is 17.8. The summed E-state index contributed by atoms with van der Waals surface area (Å²) in [5, 5.41) is 5.25. The molecule has 2 aliphatic rings. The standard InChI is InChI=1S/C28H27BrF2N2O3S/c1-2-23-21(29)14-24(37-23)26(34)33-25-22(12-7-13-28(25,30)31)36-27(35)32-15-20-18-10-5-3-8-16(18)17-9-4-6-11-19(17)20/h3-6,8-11,14,20,22,25H,2,7,12-13,15H2,1H3,(H,32,35)(H,33,34)/t22-,25+/m0/s1. The molecule has 1 saturated carbocycles. The molecule has 2 N–H and O–H groups in total. The van der Waals surface area contributed by atoms with E-state index in [9.17, 15) is 18.4 Å². The molecular formula is C28H27BrF2N2O3S. The Morgan fingerprint density at radius 1 is 1.11 bits per heavy atom. The quantitative estimate of drug-likeness (QED) is 0.329. The third-order valence-electron chi connectivity index (χ3n) is 7.09. The highest BCUT2D eigenvalue weighted by Gasteiger charge is 2.49. The van der Waals surface area contributed by atoms with Gasteiger partial charge in [-0.1, -0.05) is 55.5 Å². The molecule has 2 aromatic carbocycles. The Hall–Kier alpha value is -2.78. The summed E-state index contributed by atoms with van der Waals surface area (Å²) >= 11 is 4.67. The second-order valence-corrected chi connectivity index (χ2v) is 11.4. The van der Waals surface area contributed by atoms with Crippen molar-refractivity contribution in [3.63, 3.8) is 0 Å². The molecule has 1 heterocycles. The molecule has 1 aromatic heterocycles. The van der Waals surface area contributed by atoms with Gasteiger partial charge in [-0.3, -0.25) is 4.79 Å². The van der Waals surface area contributed by atoms with Gasteiger partial charge in [-0.2, -0.15) is 0 Å². The Morgan fingerprint density at radius 2 is 1.76 bits per heavy atom. The van der Waals surface area contributed by atoms with Crippen molar-refractivity contribution in [2.75, 3.05) is 6.54 Å². The minimum absolute atomic E-state index is 0.0618. The number of carbonyl (C=O) groups is 2. The SMILES string of the molecule is CCc1sc(C(=O)N[C@@H]2[C@@H](OC(=O)NCC3c4ccccc4-c4ccccc43)CCCC2(F)F)cc1Br. The number of fused-ring (bicyclic) bond motifs is 3. The molecule has 5 nitrogen and oxygen atoms in total. The molecule has 1 fully saturated rings. The number of aryl methyl sites for hydroxylation is 1. The third-order valence-corrected chi connectivity index (χ3v) is 9.33. The molecule has 2 atom stereocenters. The summed E-state index contributed by atoms with van der Waals surface area (Å²) in [5.74, 6) is -3.84. The van der Waals surface area contributed by atoms with Crippen LogP contribution in [0.3, 0.4) is 0 Å². The number of amides is 2. The zero-order valence-corrected chi connectivity index (χ0v) is 22.6. The second kappa shape index (κ2) is 10.5. The lowest BCUT2D eigenvalue weighted by Crippen LogP contribution is -2.58. The van der Waals surface area contributed by atoms with Crippen LogP contribution in [0.1, 0.15) is 57.8 Å². The van der Waals surface area contributed by atoms with Gasteiger partial charge in [0, 0.05) is 28.2 Å². The first-order valence-electron chi connectivity index (χ1n) is 12.4. The molecule has 2 aliphatic carbocycles. The molecule has 37 heavy (non-hydrogen) atoms. The number of alkyl halides is 2. The molecule has 0 saturated heterocycles. The highest BCUT2D eigenvalue weighted by molar-refractivity contribution is 9.10. The van der Waals surface area contributed by atoms with E-state index in [0.29, 0.717) is 4.88 Å². The molecule has 0 spiro atoms. The smallest absolute Gasteiger partial charge is 0.407 e. The maximum atomic E-state index is 14.9. The molecule has 3 aromatic rings. The minimum Gasteiger partial charge on any atom is -0.444 e. The van der Waals surface area contributed by atoms with Gasteiger partial charge in [-0.05, 0) is 63.5 Å². The fraction of sp³-hybridized carbons (Fsp3) is 0.357. The van der Waals surface area contributed by atoms with Gasteiger partial charge in [0.25, 0.3) is 11.8 Å². The zero-order valence-electron chi connectivity index (χ0n) is 20.2. The highest BCUT2D eigenvalue weighted by atomic mass is 79.9. The predicted molar refractivity (Wildman–Crippen MR) is 143 cm³/mol. The van der Waals surface area contributed by atoms with Crippen molar-refractivity contribution >= 4 is 39.3 Å². The van der Waals surface area contributed by atoms with E-state index in [1.807, 2.05) is 43.3 Å². The zero-order chi connectivity index (χ0) is 26.2. The van der Waals surface area contributed by atoms with Crippen molar-refractivity contribution in [1.29, 1.82) is 0 Å². The summed E-state index contributed by atoms with van der Waals surface area (Å²) in [4.78, 5) is 26.9. The second-order valence-electron chi connectivity index (χ2n) is 9.39. The third kappa shape index (κ3) is 5.16. The molecule has 9 heteroatoms. The number of halogens is 3. The van der Waals surface area contributed by atoms with Crippen LogP contribution in [-0.2, 0) is 11.2 Å². The summed E-state index contributed by atoms with van der Waals surface area (Å²) in [6.07, 6.45) is -1.10. The number of ether oxygens (including phenoxy) is 1. The number of hydrogen-bond acceptors (Lipinski definition) is 4. The Kier molecular flexibility index (Phi) is 7.36. The first-order valence-corrected chi connectivity index (χ1v) is 14.0. The highest BCUT2D eigenvalue weighted by Crippen LogP contribution is 2.44. The van der Waals surface area contributed by atoms with Crippen LogP contribution in [0.5, 0.6) is 0 Å². The number of alkyl carbamates (subject to hydrolysis) is 1. The van der Waals surface area contributed by atoms with Gasteiger partial charge < -0.3 is 15.4 Å². The summed E-state index contributed by atoms with van der Waals surface area (Å²) in [6.45, 7) is 2.23. The van der Waals surface area contributed by atoms with E-state index in [1.54, 1.807) is 6.07 Å². The topological polar surface area (TPSA) is 67.4 Å². The monoisotopic (exact) mass is 588 g/mol. The summed E-state index contributed by atoms with van der Waals surface area (Å²) in [7, 11) is 0. The van der Waals surface area contributed by atoms with Gasteiger partial charge in [0.15, 0.2) is 0 Å². The van der Waals surface area contributed by atoms with Gasteiger partial charge in [0.05, 0.1) is 4.88 Å². The van der Waals surface area contributed by atoms with E-state index in [1.165, 1.54) is 11.3 Å². The average molecular weight is 590 g/mol. The Balaban J connectivity index is 1.27. The molecule has 0 unspecified atom stereocenters. The van der Waals surface area contributed by atoms with Gasteiger partial charge in [0.1, 0.15) is 12.1 Å². The number of hydrogen-bond donors (Lipinski definition) is 2. The van der Waals surface area contributed by atoms with Crippen LogP contribution >= 0.6 is 27.3 Å². The van der Waals surface area contributed by atoms with Crippen LogP contribution < -0.4 is 10.6 Å². The largest absolute Gasteiger partial charge is 0.444 e. The lowest BCUT2D eigenvalue weighted by Gasteiger charge is -2.37. The van der Waals surface area contributed by atoms with Crippen LogP contribution in [0.25, 0.3) is 11.1 Å². The van der Waals surface area contributed by atoms with E-state index in [2.05, 4.69) is 38.7 Å². The summed E-state index contributed by atoms with van der Waals surface area (Å²) in [5.41, 5.74) is 4.46. The fourth-order valence-corrected chi connectivity index (χ4v) is 7.07. The van der Waals surface area contributed by atoms with E-state index >= 15 is 0 Å². The summed E-state index contributed by atoms with van der Waals surface area (Å²) in [6, 6.07) is 16.1. The minimum atomic E-state index is -3.19. The summed E-state index contributed by atoms with van der Waals surface area (Å²) < 4.78 is 36.1. The van der Waals surface area contributed by atoms with E-state index < -0.39 is 30.1 Å². The normalized spacial score (nSPS) is 20.1. The predicted octanol–water partition coefficient (Wildman–Crippen LogP) is 6.90. The van der Waals surface area contributed by atoms with Crippen molar-refractivity contribution in [3.8, 4) is 11.1 Å². The number of benzene rings is 2. The number of carbonyl (C=O) groups excluding carboxylic acids is 2. The molecule has 0 aliphatic heterocycles. The Bertz CT molecular complexity index is 1280. The van der Waals surface area contributed by atoms with Crippen LogP contribution in [0.15, 0.2) is 59.1 Å².